The number of benzene rings is 1. The van der Waals surface area contributed by atoms with Crippen molar-refractivity contribution >= 4 is 10.9 Å². The van der Waals surface area contributed by atoms with Crippen LogP contribution < -0.4 is 5.32 Å². The Balaban J connectivity index is 1.80. The number of hydrogen-bond acceptors (Lipinski definition) is 2. The van der Waals surface area contributed by atoms with Crippen molar-refractivity contribution in [3.05, 3.63) is 65.1 Å². The van der Waals surface area contributed by atoms with Crippen molar-refractivity contribution in [1.29, 1.82) is 0 Å². The van der Waals surface area contributed by atoms with Gasteiger partial charge in [-0.1, -0.05) is 17.7 Å². The van der Waals surface area contributed by atoms with Crippen molar-refractivity contribution < 1.29 is 0 Å². The Morgan fingerprint density at radius 1 is 1.25 bits per heavy atom. The summed E-state index contributed by atoms with van der Waals surface area (Å²) in [7, 11) is 0. The van der Waals surface area contributed by atoms with E-state index in [-0.39, 0.29) is 0 Å². The minimum Gasteiger partial charge on any atom is -0.344 e. The van der Waals surface area contributed by atoms with Crippen molar-refractivity contribution in [2.45, 2.75) is 52.2 Å². The number of aromatic nitrogens is 2. The van der Waals surface area contributed by atoms with Crippen LogP contribution in [0.5, 0.6) is 0 Å². The molecule has 1 aliphatic heterocycles. The van der Waals surface area contributed by atoms with E-state index in [2.05, 4.69) is 59.9 Å². The standard InChI is InChI=1S/C21H25N3/c1-14-6-7-19-18(11-14)21-16(3)23-15(2)12-20(21)24(19)10-8-17-5-4-9-22-13-17/h4-7,9,11,13,15-16,23H,8,10,12H2,1-3H3. The summed E-state index contributed by atoms with van der Waals surface area (Å²) < 4.78 is 2.55. The second-order valence-electron chi connectivity index (χ2n) is 7.14. The molecule has 0 amide bonds. The molecule has 0 spiro atoms. The quantitative estimate of drug-likeness (QED) is 0.785. The van der Waals surface area contributed by atoms with E-state index in [1.165, 1.54) is 33.3 Å². The highest BCUT2D eigenvalue weighted by atomic mass is 15.0. The number of fused-ring (bicyclic) bond motifs is 3. The van der Waals surface area contributed by atoms with Gasteiger partial charge in [-0.2, -0.15) is 0 Å². The number of rotatable bonds is 3. The van der Waals surface area contributed by atoms with Gasteiger partial charge in [0.25, 0.3) is 0 Å². The van der Waals surface area contributed by atoms with E-state index in [1.54, 1.807) is 0 Å². The molecule has 2 atom stereocenters. The third-order valence-electron chi connectivity index (χ3n) is 5.18. The maximum absolute atomic E-state index is 4.25. The van der Waals surface area contributed by atoms with Crippen molar-refractivity contribution in [3.8, 4) is 0 Å². The zero-order chi connectivity index (χ0) is 16.7. The van der Waals surface area contributed by atoms with Crippen LogP contribution in [0.3, 0.4) is 0 Å². The van der Waals surface area contributed by atoms with Crippen LogP contribution in [0.1, 0.15) is 42.3 Å². The van der Waals surface area contributed by atoms with E-state index in [0.29, 0.717) is 12.1 Å². The average molecular weight is 319 g/mol. The zero-order valence-corrected chi connectivity index (χ0v) is 14.7. The Labute approximate surface area is 143 Å². The highest BCUT2D eigenvalue weighted by molar-refractivity contribution is 5.87. The van der Waals surface area contributed by atoms with Crippen LogP contribution in [0, 0.1) is 6.92 Å². The molecule has 124 valence electrons. The van der Waals surface area contributed by atoms with E-state index in [0.717, 1.165) is 19.4 Å². The van der Waals surface area contributed by atoms with E-state index in [4.69, 9.17) is 0 Å². The van der Waals surface area contributed by atoms with E-state index in [9.17, 15) is 0 Å². The minimum atomic E-state index is 0.410. The molecular weight excluding hydrogens is 294 g/mol. The monoisotopic (exact) mass is 319 g/mol. The predicted octanol–water partition coefficient (Wildman–Crippen LogP) is 4.18. The Hall–Kier alpha value is -2.13. The lowest BCUT2D eigenvalue weighted by molar-refractivity contribution is 0.433. The van der Waals surface area contributed by atoms with Crippen molar-refractivity contribution in [2.75, 3.05) is 0 Å². The van der Waals surface area contributed by atoms with Crippen LogP contribution in [0.25, 0.3) is 10.9 Å². The molecule has 0 fully saturated rings. The van der Waals surface area contributed by atoms with Gasteiger partial charge in [-0.15, -0.1) is 0 Å². The summed E-state index contributed by atoms with van der Waals surface area (Å²) in [4.78, 5) is 4.25. The fourth-order valence-corrected chi connectivity index (χ4v) is 4.15. The van der Waals surface area contributed by atoms with Crippen LogP contribution >= 0.6 is 0 Å². The molecule has 0 radical (unpaired) electrons. The maximum atomic E-state index is 4.25. The lowest BCUT2D eigenvalue weighted by Crippen LogP contribution is -2.36. The molecule has 3 nitrogen and oxygen atoms in total. The second kappa shape index (κ2) is 6.06. The van der Waals surface area contributed by atoms with Gasteiger partial charge in [-0.25, -0.2) is 0 Å². The molecule has 0 saturated heterocycles. The Morgan fingerprint density at radius 3 is 2.92 bits per heavy atom. The van der Waals surface area contributed by atoms with Crippen molar-refractivity contribution in [2.24, 2.45) is 0 Å². The Kier molecular flexibility index (Phi) is 3.89. The molecule has 2 aromatic heterocycles. The molecule has 24 heavy (non-hydrogen) atoms. The SMILES string of the molecule is Cc1ccc2c(c1)c1c(n2CCc2cccnc2)CC(C)NC1C. The molecule has 2 unspecified atom stereocenters. The van der Waals surface area contributed by atoms with E-state index >= 15 is 0 Å². The molecule has 1 N–H and O–H groups in total. The summed E-state index contributed by atoms with van der Waals surface area (Å²) in [5.74, 6) is 0. The van der Waals surface area contributed by atoms with Crippen LogP contribution in [0.15, 0.2) is 42.7 Å². The fraction of sp³-hybridized carbons (Fsp3) is 0.381. The number of aryl methyl sites for hydroxylation is 3. The minimum absolute atomic E-state index is 0.410. The second-order valence-corrected chi connectivity index (χ2v) is 7.14. The van der Waals surface area contributed by atoms with Gasteiger partial charge in [0, 0.05) is 54.0 Å². The molecule has 0 bridgehead atoms. The third-order valence-corrected chi connectivity index (χ3v) is 5.18. The number of hydrogen-bond donors (Lipinski definition) is 1. The van der Waals surface area contributed by atoms with E-state index in [1.807, 2.05) is 18.5 Å². The molecule has 3 aromatic rings. The summed E-state index contributed by atoms with van der Waals surface area (Å²) >= 11 is 0. The summed E-state index contributed by atoms with van der Waals surface area (Å²) in [6.07, 6.45) is 5.94. The van der Waals surface area contributed by atoms with Gasteiger partial charge in [-0.3, -0.25) is 4.98 Å². The highest BCUT2D eigenvalue weighted by Gasteiger charge is 2.27. The summed E-state index contributed by atoms with van der Waals surface area (Å²) in [5, 5.41) is 5.13. The summed E-state index contributed by atoms with van der Waals surface area (Å²) in [6, 6.07) is 12.0. The van der Waals surface area contributed by atoms with E-state index < -0.39 is 0 Å². The van der Waals surface area contributed by atoms with Gasteiger partial charge in [0.2, 0.25) is 0 Å². The molecule has 3 heteroatoms. The molecular formula is C21H25N3. The van der Waals surface area contributed by atoms with Crippen molar-refractivity contribution in [1.82, 2.24) is 14.9 Å². The van der Waals surface area contributed by atoms with Gasteiger partial charge < -0.3 is 9.88 Å². The van der Waals surface area contributed by atoms with Gasteiger partial charge in [-0.05, 0) is 56.5 Å². The number of pyridine rings is 1. The first kappa shape index (κ1) is 15.4. The van der Waals surface area contributed by atoms with Crippen LogP contribution in [-0.2, 0) is 19.4 Å². The first-order valence-electron chi connectivity index (χ1n) is 8.90. The first-order valence-corrected chi connectivity index (χ1v) is 8.90. The lowest BCUT2D eigenvalue weighted by atomic mass is 9.95. The largest absolute Gasteiger partial charge is 0.344 e. The first-order chi connectivity index (χ1) is 11.6. The topological polar surface area (TPSA) is 29.9 Å². The number of nitrogens with one attached hydrogen (secondary N) is 1. The normalized spacial score (nSPS) is 20.3. The Bertz CT molecular complexity index is 864. The van der Waals surface area contributed by atoms with Gasteiger partial charge in [0.15, 0.2) is 0 Å². The van der Waals surface area contributed by atoms with Crippen molar-refractivity contribution in [3.63, 3.8) is 0 Å². The zero-order valence-electron chi connectivity index (χ0n) is 14.7. The van der Waals surface area contributed by atoms with Gasteiger partial charge in [0.1, 0.15) is 0 Å². The van der Waals surface area contributed by atoms with Gasteiger partial charge >= 0.3 is 0 Å². The molecule has 4 rings (SSSR count). The predicted molar refractivity (Wildman–Crippen MR) is 99.3 cm³/mol. The molecule has 3 heterocycles. The molecule has 0 saturated carbocycles. The maximum Gasteiger partial charge on any atom is 0.0486 e. The highest BCUT2D eigenvalue weighted by Crippen LogP contribution is 2.35. The Morgan fingerprint density at radius 2 is 2.12 bits per heavy atom. The van der Waals surface area contributed by atoms with Crippen LogP contribution in [0.4, 0.5) is 0 Å². The molecule has 0 aliphatic carbocycles. The lowest BCUT2D eigenvalue weighted by Gasteiger charge is -2.28. The smallest absolute Gasteiger partial charge is 0.0486 e. The van der Waals surface area contributed by atoms with Crippen LogP contribution in [-0.4, -0.2) is 15.6 Å². The average Bonchev–Trinajstić information content (AvgIpc) is 2.86. The number of nitrogens with zero attached hydrogens (tertiary/aromatic N) is 2. The molecule has 1 aliphatic rings. The van der Waals surface area contributed by atoms with Gasteiger partial charge in [0.05, 0.1) is 0 Å². The third kappa shape index (κ3) is 2.63. The van der Waals surface area contributed by atoms with Crippen LogP contribution in [0.2, 0.25) is 0 Å². The molecule has 1 aromatic carbocycles. The fourth-order valence-electron chi connectivity index (χ4n) is 4.15. The summed E-state index contributed by atoms with van der Waals surface area (Å²) in [6.45, 7) is 7.78. The summed E-state index contributed by atoms with van der Waals surface area (Å²) in [5.41, 5.74) is 7.02.